The Balaban J connectivity index is 1.43. The zero-order valence-corrected chi connectivity index (χ0v) is 14.0. The standard InChI is InChI=1S/C22H16N2O2/c25-22(21-14-23-19-8-4-5-9-20(19)24-21)26-15-16-10-12-18(13-11-16)17-6-2-1-3-7-17/h1-14H,15H2. The van der Waals surface area contributed by atoms with E-state index < -0.39 is 5.97 Å². The number of fused-ring (bicyclic) bond motifs is 1. The van der Waals surface area contributed by atoms with E-state index in [1.54, 1.807) is 0 Å². The Kier molecular flexibility index (Phi) is 4.39. The van der Waals surface area contributed by atoms with Gasteiger partial charge in [-0.05, 0) is 28.8 Å². The lowest BCUT2D eigenvalue weighted by Crippen LogP contribution is -2.08. The van der Waals surface area contributed by atoms with Crippen LogP contribution >= 0.6 is 0 Å². The molecule has 0 aliphatic carbocycles. The molecule has 0 bridgehead atoms. The van der Waals surface area contributed by atoms with Crippen LogP contribution in [0.4, 0.5) is 0 Å². The molecule has 0 saturated carbocycles. The van der Waals surface area contributed by atoms with Crippen molar-refractivity contribution in [2.45, 2.75) is 6.61 Å². The first-order chi connectivity index (χ1) is 12.8. The van der Waals surface area contributed by atoms with Gasteiger partial charge >= 0.3 is 5.97 Å². The van der Waals surface area contributed by atoms with Gasteiger partial charge in [0, 0.05) is 0 Å². The number of benzene rings is 3. The number of nitrogens with zero attached hydrogens (tertiary/aromatic N) is 2. The molecule has 0 amide bonds. The molecule has 1 aromatic heterocycles. The van der Waals surface area contributed by atoms with Crippen LogP contribution in [0, 0.1) is 0 Å². The highest BCUT2D eigenvalue weighted by molar-refractivity contribution is 5.89. The minimum absolute atomic E-state index is 0.197. The van der Waals surface area contributed by atoms with Crippen molar-refractivity contribution in [2.75, 3.05) is 0 Å². The van der Waals surface area contributed by atoms with E-state index in [4.69, 9.17) is 4.74 Å². The van der Waals surface area contributed by atoms with Crippen LogP contribution in [0.25, 0.3) is 22.2 Å². The molecule has 0 aliphatic rings. The fourth-order valence-corrected chi connectivity index (χ4v) is 2.70. The molecule has 4 rings (SSSR count). The summed E-state index contributed by atoms with van der Waals surface area (Å²) in [6.45, 7) is 0.197. The summed E-state index contributed by atoms with van der Waals surface area (Å²) in [7, 11) is 0. The third-order valence-corrected chi connectivity index (χ3v) is 4.09. The number of esters is 1. The monoisotopic (exact) mass is 340 g/mol. The molecule has 4 heteroatoms. The summed E-state index contributed by atoms with van der Waals surface area (Å²) in [6, 6.07) is 25.5. The third kappa shape index (κ3) is 3.44. The summed E-state index contributed by atoms with van der Waals surface area (Å²) < 4.78 is 5.37. The number of rotatable bonds is 4. The lowest BCUT2D eigenvalue weighted by Gasteiger charge is -2.06. The molecular weight excluding hydrogens is 324 g/mol. The van der Waals surface area contributed by atoms with Crippen LogP contribution in [0.3, 0.4) is 0 Å². The largest absolute Gasteiger partial charge is 0.456 e. The first kappa shape index (κ1) is 16.0. The number of hydrogen-bond donors (Lipinski definition) is 0. The van der Waals surface area contributed by atoms with Crippen molar-refractivity contribution >= 4 is 17.0 Å². The molecule has 0 atom stereocenters. The van der Waals surface area contributed by atoms with E-state index in [-0.39, 0.29) is 12.3 Å². The van der Waals surface area contributed by atoms with Crippen molar-refractivity contribution in [3.8, 4) is 11.1 Å². The number of ether oxygens (including phenoxy) is 1. The van der Waals surface area contributed by atoms with Crippen molar-refractivity contribution < 1.29 is 9.53 Å². The van der Waals surface area contributed by atoms with Crippen LogP contribution in [-0.4, -0.2) is 15.9 Å². The second kappa shape index (κ2) is 7.15. The molecule has 0 unspecified atom stereocenters. The quantitative estimate of drug-likeness (QED) is 0.507. The average molecular weight is 340 g/mol. The molecule has 0 spiro atoms. The van der Waals surface area contributed by atoms with Crippen LogP contribution in [0.1, 0.15) is 16.1 Å². The molecule has 0 radical (unpaired) electrons. The number of hydrogen-bond acceptors (Lipinski definition) is 4. The number of para-hydroxylation sites is 2. The zero-order chi connectivity index (χ0) is 17.8. The highest BCUT2D eigenvalue weighted by Crippen LogP contribution is 2.19. The van der Waals surface area contributed by atoms with E-state index >= 15 is 0 Å². The average Bonchev–Trinajstić information content (AvgIpc) is 2.72. The fourth-order valence-electron chi connectivity index (χ4n) is 2.70. The predicted molar refractivity (Wildman–Crippen MR) is 101 cm³/mol. The fraction of sp³-hybridized carbons (Fsp3) is 0.0455. The smallest absolute Gasteiger partial charge is 0.358 e. The Morgan fingerprint density at radius 2 is 1.42 bits per heavy atom. The normalized spacial score (nSPS) is 10.6. The molecule has 0 aliphatic heterocycles. The number of aromatic nitrogens is 2. The molecule has 126 valence electrons. The van der Waals surface area contributed by atoms with E-state index in [1.807, 2.05) is 66.7 Å². The van der Waals surface area contributed by atoms with E-state index in [9.17, 15) is 4.79 Å². The second-order valence-corrected chi connectivity index (χ2v) is 5.88. The lowest BCUT2D eigenvalue weighted by atomic mass is 10.0. The van der Waals surface area contributed by atoms with Gasteiger partial charge in [-0.15, -0.1) is 0 Å². The van der Waals surface area contributed by atoms with Crippen LogP contribution in [0.15, 0.2) is 85.1 Å². The van der Waals surface area contributed by atoms with Crippen LogP contribution in [0.5, 0.6) is 0 Å². The Bertz CT molecular complexity index is 1040. The Morgan fingerprint density at radius 3 is 2.19 bits per heavy atom. The maximum atomic E-state index is 12.2. The van der Waals surface area contributed by atoms with Crippen molar-refractivity contribution in [2.24, 2.45) is 0 Å². The Hall–Kier alpha value is -3.53. The maximum absolute atomic E-state index is 12.2. The number of carbonyl (C=O) groups is 1. The Morgan fingerprint density at radius 1 is 0.769 bits per heavy atom. The summed E-state index contributed by atoms with van der Waals surface area (Å²) in [6.07, 6.45) is 1.45. The van der Waals surface area contributed by atoms with Crippen molar-refractivity contribution in [3.05, 3.63) is 96.3 Å². The molecule has 1 heterocycles. The predicted octanol–water partition coefficient (Wildman–Crippen LogP) is 4.65. The molecule has 4 nitrogen and oxygen atoms in total. The van der Waals surface area contributed by atoms with E-state index in [2.05, 4.69) is 22.1 Å². The lowest BCUT2D eigenvalue weighted by molar-refractivity contribution is 0.0465. The molecule has 3 aromatic carbocycles. The van der Waals surface area contributed by atoms with Gasteiger partial charge in [0.05, 0.1) is 17.2 Å². The molecule has 26 heavy (non-hydrogen) atoms. The van der Waals surface area contributed by atoms with Crippen LogP contribution in [0.2, 0.25) is 0 Å². The molecule has 0 fully saturated rings. The van der Waals surface area contributed by atoms with Gasteiger partial charge in [0.25, 0.3) is 0 Å². The van der Waals surface area contributed by atoms with Gasteiger partial charge in [0.1, 0.15) is 6.61 Å². The zero-order valence-electron chi connectivity index (χ0n) is 14.0. The van der Waals surface area contributed by atoms with Gasteiger partial charge in [-0.2, -0.15) is 0 Å². The minimum atomic E-state index is -0.476. The van der Waals surface area contributed by atoms with E-state index in [0.29, 0.717) is 5.52 Å². The summed E-state index contributed by atoms with van der Waals surface area (Å²) in [5, 5.41) is 0. The van der Waals surface area contributed by atoms with Crippen molar-refractivity contribution in [1.82, 2.24) is 9.97 Å². The summed E-state index contributed by atoms with van der Waals surface area (Å²) in [5.41, 5.74) is 4.84. The van der Waals surface area contributed by atoms with E-state index in [1.165, 1.54) is 6.20 Å². The Labute approximate surface area is 151 Å². The summed E-state index contributed by atoms with van der Waals surface area (Å²) in [4.78, 5) is 20.8. The van der Waals surface area contributed by atoms with Crippen LogP contribution in [-0.2, 0) is 11.3 Å². The van der Waals surface area contributed by atoms with Crippen molar-refractivity contribution in [3.63, 3.8) is 0 Å². The molecule has 0 saturated heterocycles. The molecular formula is C22H16N2O2. The number of carbonyl (C=O) groups excluding carboxylic acids is 1. The third-order valence-electron chi connectivity index (χ3n) is 4.09. The summed E-state index contributed by atoms with van der Waals surface area (Å²) >= 11 is 0. The van der Waals surface area contributed by atoms with Gasteiger partial charge in [0.2, 0.25) is 0 Å². The van der Waals surface area contributed by atoms with Gasteiger partial charge in [0.15, 0.2) is 5.69 Å². The SMILES string of the molecule is O=C(OCc1ccc(-c2ccccc2)cc1)c1cnc2ccccc2n1. The summed E-state index contributed by atoms with van der Waals surface area (Å²) in [5.74, 6) is -0.476. The van der Waals surface area contributed by atoms with E-state index in [0.717, 1.165) is 22.2 Å². The molecule has 0 N–H and O–H groups in total. The second-order valence-electron chi connectivity index (χ2n) is 5.88. The van der Waals surface area contributed by atoms with Crippen LogP contribution < -0.4 is 0 Å². The molecule has 4 aromatic rings. The van der Waals surface area contributed by atoms with Gasteiger partial charge in [-0.25, -0.2) is 9.78 Å². The highest BCUT2D eigenvalue weighted by Gasteiger charge is 2.11. The van der Waals surface area contributed by atoms with Gasteiger partial charge in [-0.1, -0.05) is 66.7 Å². The minimum Gasteiger partial charge on any atom is -0.456 e. The maximum Gasteiger partial charge on any atom is 0.358 e. The van der Waals surface area contributed by atoms with Crippen molar-refractivity contribution in [1.29, 1.82) is 0 Å². The van der Waals surface area contributed by atoms with Gasteiger partial charge < -0.3 is 4.74 Å². The first-order valence-electron chi connectivity index (χ1n) is 8.33. The highest BCUT2D eigenvalue weighted by atomic mass is 16.5. The van der Waals surface area contributed by atoms with Gasteiger partial charge in [-0.3, -0.25) is 4.98 Å². The first-order valence-corrected chi connectivity index (χ1v) is 8.33. The topological polar surface area (TPSA) is 52.1 Å².